The molecule has 1 aliphatic heterocycles. The highest BCUT2D eigenvalue weighted by atomic mass is 19.1. The molecule has 0 radical (unpaired) electrons. The number of ether oxygens (including phenoxy) is 2. The number of rotatable bonds is 9. The Morgan fingerprint density at radius 3 is 2.45 bits per heavy atom. The lowest BCUT2D eigenvalue weighted by Crippen LogP contribution is -2.56. The lowest BCUT2D eigenvalue weighted by atomic mass is 9.96. The summed E-state index contributed by atoms with van der Waals surface area (Å²) in [6.07, 6.45) is 0.870. The highest BCUT2D eigenvalue weighted by molar-refractivity contribution is 6.01. The molecule has 4 atom stereocenters. The minimum atomic E-state index is -1.24. The number of para-hydroxylation sites is 1. The average molecular weight is 585 g/mol. The summed E-state index contributed by atoms with van der Waals surface area (Å²) < 4.78 is 24.7. The van der Waals surface area contributed by atoms with Crippen molar-refractivity contribution in [1.82, 2.24) is 21.3 Å². The van der Waals surface area contributed by atoms with Crippen LogP contribution in [0.1, 0.15) is 57.3 Å². The van der Waals surface area contributed by atoms with Crippen molar-refractivity contribution in [2.24, 2.45) is 11.8 Å². The molecule has 2 aromatic rings. The number of fused-ring (bicyclic) bond motifs is 1. The van der Waals surface area contributed by atoms with E-state index in [0.717, 1.165) is 0 Å². The number of nitrogens with one attached hydrogen (secondary N) is 4. The van der Waals surface area contributed by atoms with Crippen LogP contribution in [0.2, 0.25) is 0 Å². The summed E-state index contributed by atoms with van der Waals surface area (Å²) in [5.74, 6) is -1.67. The summed E-state index contributed by atoms with van der Waals surface area (Å²) in [5, 5.41) is 11.1. The van der Waals surface area contributed by atoms with Gasteiger partial charge >= 0.3 is 0 Å². The van der Waals surface area contributed by atoms with E-state index in [1.165, 1.54) is 24.3 Å². The van der Waals surface area contributed by atoms with Crippen LogP contribution in [0.25, 0.3) is 0 Å². The number of hydrogen-bond acceptors (Lipinski definition) is 6. The van der Waals surface area contributed by atoms with Gasteiger partial charge in [-0.1, -0.05) is 46.2 Å². The van der Waals surface area contributed by atoms with Crippen molar-refractivity contribution in [2.75, 3.05) is 19.8 Å². The summed E-state index contributed by atoms with van der Waals surface area (Å²) in [6, 6.07) is 9.63. The second-order valence-electron chi connectivity index (χ2n) is 10.9. The fraction of sp³-hybridized carbons (Fsp3) is 0.484. The molecule has 1 aliphatic rings. The Kier molecular flexibility index (Phi) is 12.1. The number of halogens is 1. The molecule has 0 aromatic heterocycles. The second-order valence-corrected chi connectivity index (χ2v) is 10.9. The van der Waals surface area contributed by atoms with Gasteiger partial charge in [0.2, 0.25) is 17.7 Å². The second kappa shape index (κ2) is 15.7. The van der Waals surface area contributed by atoms with E-state index < -0.39 is 42.0 Å². The molecule has 11 heteroatoms. The van der Waals surface area contributed by atoms with Crippen LogP contribution < -0.4 is 30.7 Å². The van der Waals surface area contributed by atoms with Crippen molar-refractivity contribution >= 4 is 23.6 Å². The van der Waals surface area contributed by atoms with Crippen molar-refractivity contribution in [3.05, 3.63) is 59.9 Å². The molecule has 10 nitrogen and oxygen atoms in total. The number of carbonyl (C=O) groups is 4. The smallest absolute Gasteiger partial charge is 0.255 e. The quantitative estimate of drug-likeness (QED) is 0.335. The summed E-state index contributed by atoms with van der Waals surface area (Å²) in [4.78, 5) is 53.1. The Morgan fingerprint density at radius 1 is 1.05 bits per heavy atom. The Hall–Kier alpha value is -4.15. The normalized spacial score (nSPS) is 20.6. The van der Waals surface area contributed by atoms with Crippen LogP contribution in [0.3, 0.4) is 0 Å². The molecule has 4 N–H and O–H groups in total. The molecule has 0 spiro atoms. The van der Waals surface area contributed by atoms with E-state index in [2.05, 4.69) is 21.3 Å². The average Bonchev–Trinajstić information content (AvgIpc) is 2.96. The van der Waals surface area contributed by atoms with Crippen LogP contribution in [-0.2, 0) is 14.4 Å². The molecule has 0 bridgehead atoms. The first-order valence-electron chi connectivity index (χ1n) is 14.4. The van der Waals surface area contributed by atoms with E-state index in [0.29, 0.717) is 24.3 Å². The van der Waals surface area contributed by atoms with Gasteiger partial charge in [-0.2, -0.15) is 0 Å². The molecule has 0 saturated heterocycles. The maximum Gasteiger partial charge on any atom is 0.255 e. The largest absolute Gasteiger partial charge is 0.492 e. The van der Waals surface area contributed by atoms with Crippen molar-refractivity contribution in [3.8, 4) is 11.5 Å². The van der Waals surface area contributed by atoms with Gasteiger partial charge in [-0.3, -0.25) is 19.2 Å². The Morgan fingerprint density at radius 2 is 1.76 bits per heavy atom. The molecule has 2 aromatic carbocycles. The highest BCUT2D eigenvalue weighted by Crippen LogP contribution is 2.20. The number of amides is 4. The number of hydrogen-bond donors (Lipinski definition) is 4. The monoisotopic (exact) mass is 584 g/mol. The Labute approximate surface area is 246 Å². The Bertz CT molecular complexity index is 1220. The zero-order valence-corrected chi connectivity index (χ0v) is 24.6. The first kappa shape index (κ1) is 32.4. The SMILES string of the molecule is CC[C@H](C)[C@@H]1NC(=O)C[C@@H](C(=O)NCCOc2ccc(F)cc2)NC(=O)c2ccccc2OC[C@@H](CC(C)C)NC1=O. The van der Waals surface area contributed by atoms with Crippen LogP contribution in [0.15, 0.2) is 48.5 Å². The van der Waals surface area contributed by atoms with Gasteiger partial charge in [-0.15, -0.1) is 0 Å². The maximum absolute atomic E-state index is 13.4. The molecule has 1 heterocycles. The fourth-order valence-corrected chi connectivity index (χ4v) is 4.56. The van der Waals surface area contributed by atoms with Crippen LogP contribution in [0, 0.1) is 17.7 Å². The Balaban J connectivity index is 1.81. The first-order valence-corrected chi connectivity index (χ1v) is 14.4. The van der Waals surface area contributed by atoms with E-state index in [1.54, 1.807) is 24.3 Å². The minimum absolute atomic E-state index is 0.0685. The summed E-state index contributed by atoms with van der Waals surface area (Å²) in [6.45, 7) is 8.12. The molecule has 0 fully saturated rings. The zero-order chi connectivity index (χ0) is 30.6. The standard InChI is InChI=1S/C31H41FN4O6/c1-5-20(4)28-31(40)34-22(16-19(2)3)18-42-26-9-7-6-8-24(26)29(38)35-25(17-27(37)36-28)30(39)33-14-15-41-23-12-10-21(32)11-13-23/h6-13,19-20,22,25,28H,5,14-18H2,1-4H3,(H,33,39)(H,34,40)(H,35,38)(H,36,37)/t20-,22+,25-,28-/m0/s1. The van der Waals surface area contributed by atoms with Gasteiger partial charge in [0.25, 0.3) is 5.91 Å². The summed E-state index contributed by atoms with van der Waals surface area (Å²) >= 11 is 0. The minimum Gasteiger partial charge on any atom is -0.492 e. The zero-order valence-electron chi connectivity index (χ0n) is 24.6. The molecule has 228 valence electrons. The van der Waals surface area contributed by atoms with Gasteiger partial charge in [0.05, 0.1) is 24.6 Å². The molecular formula is C31H41FN4O6. The molecule has 42 heavy (non-hydrogen) atoms. The van der Waals surface area contributed by atoms with Crippen LogP contribution in [-0.4, -0.2) is 61.5 Å². The summed E-state index contributed by atoms with van der Waals surface area (Å²) in [7, 11) is 0. The number of carbonyl (C=O) groups excluding carboxylic acids is 4. The van der Waals surface area contributed by atoms with Gasteiger partial charge in [-0.25, -0.2) is 4.39 Å². The topological polar surface area (TPSA) is 135 Å². The fourth-order valence-electron chi connectivity index (χ4n) is 4.56. The van der Waals surface area contributed by atoms with Crippen molar-refractivity contribution in [3.63, 3.8) is 0 Å². The lowest BCUT2D eigenvalue weighted by molar-refractivity contribution is -0.132. The van der Waals surface area contributed by atoms with Gasteiger partial charge < -0.3 is 30.7 Å². The third kappa shape index (κ3) is 9.74. The van der Waals surface area contributed by atoms with Crippen molar-refractivity contribution in [1.29, 1.82) is 0 Å². The van der Waals surface area contributed by atoms with E-state index in [4.69, 9.17) is 9.47 Å². The molecule has 0 saturated carbocycles. The van der Waals surface area contributed by atoms with Crippen molar-refractivity contribution in [2.45, 2.75) is 65.1 Å². The first-order chi connectivity index (χ1) is 20.1. The van der Waals surface area contributed by atoms with E-state index in [9.17, 15) is 23.6 Å². The van der Waals surface area contributed by atoms with E-state index >= 15 is 0 Å². The molecular weight excluding hydrogens is 543 g/mol. The molecule has 0 unspecified atom stereocenters. The van der Waals surface area contributed by atoms with E-state index in [-0.39, 0.29) is 49.1 Å². The lowest BCUT2D eigenvalue weighted by Gasteiger charge is -2.29. The highest BCUT2D eigenvalue weighted by Gasteiger charge is 2.32. The van der Waals surface area contributed by atoms with Crippen molar-refractivity contribution < 1.29 is 33.0 Å². The van der Waals surface area contributed by atoms with Crippen LogP contribution >= 0.6 is 0 Å². The van der Waals surface area contributed by atoms with Gasteiger partial charge in [0.1, 0.15) is 42.6 Å². The van der Waals surface area contributed by atoms with Gasteiger partial charge in [0.15, 0.2) is 0 Å². The van der Waals surface area contributed by atoms with Crippen LogP contribution in [0.5, 0.6) is 11.5 Å². The predicted octanol–water partition coefficient (Wildman–Crippen LogP) is 2.96. The molecule has 3 rings (SSSR count). The maximum atomic E-state index is 13.4. The summed E-state index contributed by atoms with van der Waals surface area (Å²) in [5.41, 5.74) is 0.194. The molecule has 4 amide bonds. The van der Waals surface area contributed by atoms with Gasteiger partial charge in [0, 0.05) is 0 Å². The predicted molar refractivity (Wildman–Crippen MR) is 155 cm³/mol. The van der Waals surface area contributed by atoms with Crippen LogP contribution in [0.4, 0.5) is 4.39 Å². The molecule has 0 aliphatic carbocycles. The third-order valence-electron chi connectivity index (χ3n) is 6.98. The number of benzene rings is 2. The van der Waals surface area contributed by atoms with Gasteiger partial charge in [-0.05, 0) is 54.7 Å². The third-order valence-corrected chi connectivity index (χ3v) is 6.98. The van der Waals surface area contributed by atoms with E-state index in [1.807, 2.05) is 27.7 Å².